The molecule has 0 saturated carbocycles. The summed E-state index contributed by atoms with van der Waals surface area (Å²) in [6.45, 7) is 3.43. The Morgan fingerprint density at radius 3 is 2.00 bits per heavy atom. The minimum atomic E-state index is -0.375. The molecular weight excluding hydrogens is 110 g/mol. The van der Waals surface area contributed by atoms with Crippen LogP contribution in [0.15, 0.2) is 0 Å². The molecule has 8 heavy (non-hydrogen) atoms. The van der Waals surface area contributed by atoms with Crippen molar-refractivity contribution in [3.63, 3.8) is 0 Å². The second-order valence-corrected chi connectivity index (χ2v) is 1.59. The first-order chi connectivity index (χ1) is 3.18. The van der Waals surface area contributed by atoms with E-state index in [1.807, 2.05) is 0 Å². The van der Waals surface area contributed by atoms with Crippen LogP contribution in [0.25, 0.3) is 0 Å². The van der Waals surface area contributed by atoms with Gasteiger partial charge in [0.25, 0.3) is 0 Å². The molecule has 0 aliphatic heterocycles. The van der Waals surface area contributed by atoms with E-state index in [1.54, 1.807) is 13.8 Å². The van der Waals surface area contributed by atoms with Gasteiger partial charge in [-0.15, -0.1) is 0 Å². The van der Waals surface area contributed by atoms with Crippen LogP contribution < -0.4 is 5.90 Å². The van der Waals surface area contributed by atoms with E-state index < -0.39 is 0 Å². The first-order valence-corrected chi connectivity index (χ1v) is 2.09. The van der Waals surface area contributed by atoms with Crippen molar-refractivity contribution in [2.45, 2.75) is 13.8 Å². The molecule has 0 atom stereocenters. The van der Waals surface area contributed by atoms with Gasteiger partial charge in [-0.05, 0) is 0 Å². The van der Waals surface area contributed by atoms with Gasteiger partial charge in [0.1, 0.15) is 0 Å². The number of hydrogen-bond acceptors (Lipinski definition) is 3. The molecule has 4 heteroatoms. The molecule has 0 aromatic heterocycles. The molecule has 0 unspecified atom stereocenters. The van der Waals surface area contributed by atoms with Gasteiger partial charge in [-0.3, -0.25) is 4.79 Å². The zero-order valence-electron chi connectivity index (χ0n) is 4.97. The van der Waals surface area contributed by atoms with E-state index in [4.69, 9.17) is 0 Å². The van der Waals surface area contributed by atoms with Crippen LogP contribution in [-0.2, 0) is 9.63 Å². The van der Waals surface area contributed by atoms with E-state index >= 15 is 0 Å². The molecule has 0 fully saturated rings. The zero-order valence-corrected chi connectivity index (χ0v) is 4.97. The van der Waals surface area contributed by atoms with Gasteiger partial charge in [-0.25, -0.2) is 0 Å². The summed E-state index contributed by atoms with van der Waals surface area (Å²) in [5, 5.41) is 0. The summed E-state index contributed by atoms with van der Waals surface area (Å²) >= 11 is 0. The van der Waals surface area contributed by atoms with Crippen molar-refractivity contribution in [1.82, 2.24) is 0 Å². The number of carbonyl (C=O) groups is 1. The molecule has 0 aromatic rings. The fourth-order valence-corrected chi connectivity index (χ4v) is 0.136. The highest BCUT2D eigenvalue weighted by atomic mass is 16.7. The van der Waals surface area contributed by atoms with Crippen molar-refractivity contribution in [3.8, 4) is 0 Å². The Balaban J connectivity index is 0. The molecule has 0 aliphatic carbocycles. The predicted octanol–water partition coefficient (Wildman–Crippen LogP) is -0.765. The fraction of sp³-hybridized carbons (Fsp3) is 0.750. The monoisotopic (exact) mass is 121 g/mol. The van der Waals surface area contributed by atoms with Gasteiger partial charge in [-0.1, -0.05) is 13.8 Å². The van der Waals surface area contributed by atoms with Crippen LogP contribution in [0.5, 0.6) is 0 Å². The quantitative estimate of drug-likeness (QED) is 0.462. The van der Waals surface area contributed by atoms with Crippen molar-refractivity contribution in [2.24, 2.45) is 11.8 Å². The molecule has 0 amide bonds. The maximum absolute atomic E-state index is 10.2. The van der Waals surface area contributed by atoms with E-state index in [1.165, 1.54) is 0 Å². The lowest BCUT2D eigenvalue weighted by Gasteiger charge is -1.96. The third-order valence-corrected chi connectivity index (χ3v) is 0.588. The third-order valence-electron chi connectivity index (χ3n) is 0.588. The highest BCUT2D eigenvalue weighted by Crippen LogP contribution is 1.90. The van der Waals surface area contributed by atoms with Gasteiger partial charge in [-0.2, -0.15) is 5.90 Å². The normalized spacial score (nSPS) is 8.00. The van der Waals surface area contributed by atoms with Gasteiger partial charge >= 0.3 is 5.97 Å². The second kappa shape index (κ2) is 4.55. The maximum Gasteiger partial charge on any atom is 0.326 e. The minimum absolute atomic E-state index is 0. The van der Waals surface area contributed by atoms with Crippen molar-refractivity contribution >= 4 is 5.97 Å². The third kappa shape index (κ3) is 3.58. The van der Waals surface area contributed by atoms with E-state index in [0.29, 0.717) is 0 Å². The molecule has 0 spiro atoms. The Hall–Kier alpha value is -0.610. The number of carbonyl (C=O) groups excluding carboxylic acids is 1. The van der Waals surface area contributed by atoms with Gasteiger partial charge in [0.15, 0.2) is 0 Å². The summed E-state index contributed by atoms with van der Waals surface area (Å²) in [7, 11) is 0. The number of rotatable bonds is 1. The Bertz CT molecular complexity index is 71.7. The minimum Gasteiger partial charge on any atom is -0.412 e. The Morgan fingerprint density at radius 2 is 2.00 bits per heavy atom. The first-order valence-electron chi connectivity index (χ1n) is 2.09. The lowest BCUT2D eigenvalue weighted by Crippen LogP contribution is -2.15. The van der Waals surface area contributed by atoms with Gasteiger partial charge < -0.3 is 10.3 Å². The topological polar surface area (TPSA) is 83.8 Å². The number of nitrogens with two attached hydrogens (primary N) is 1. The summed E-state index contributed by atoms with van der Waals surface area (Å²) in [5.74, 6) is 4.03. The molecule has 0 saturated heterocycles. The van der Waals surface area contributed by atoms with E-state index in [9.17, 15) is 4.79 Å². The summed E-state index contributed by atoms with van der Waals surface area (Å²) in [6.07, 6.45) is 0. The van der Waals surface area contributed by atoms with Crippen molar-refractivity contribution in [3.05, 3.63) is 0 Å². The van der Waals surface area contributed by atoms with Crippen LogP contribution in [0, 0.1) is 5.92 Å². The summed E-state index contributed by atoms with van der Waals surface area (Å²) in [5.41, 5.74) is 0. The SMILES string of the molecule is CC(C)C(=O)ON.O. The Morgan fingerprint density at radius 1 is 1.62 bits per heavy atom. The number of hydrogen-bond donors (Lipinski definition) is 1. The van der Waals surface area contributed by atoms with E-state index in [0.717, 1.165) is 0 Å². The molecule has 0 radical (unpaired) electrons. The Kier molecular flexibility index (Phi) is 5.90. The lowest BCUT2D eigenvalue weighted by atomic mass is 10.2. The molecule has 4 nitrogen and oxygen atoms in total. The maximum atomic E-state index is 10.2. The van der Waals surface area contributed by atoms with Crippen LogP contribution in [0.1, 0.15) is 13.8 Å². The lowest BCUT2D eigenvalue weighted by molar-refractivity contribution is -0.147. The average molecular weight is 121 g/mol. The summed E-state index contributed by atoms with van der Waals surface area (Å²) in [4.78, 5) is 14.0. The molecule has 0 rings (SSSR count). The van der Waals surface area contributed by atoms with Crippen LogP contribution in [0.2, 0.25) is 0 Å². The predicted molar refractivity (Wildman–Crippen MR) is 28.7 cm³/mol. The highest BCUT2D eigenvalue weighted by molar-refractivity contribution is 5.70. The first kappa shape index (κ1) is 10.4. The fourth-order valence-electron chi connectivity index (χ4n) is 0.136. The second-order valence-electron chi connectivity index (χ2n) is 1.59. The Labute approximate surface area is 47.9 Å². The molecule has 0 aliphatic rings. The summed E-state index contributed by atoms with van der Waals surface area (Å²) < 4.78 is 0. The van der Waals surface area contributed by atoms with Crippen LogP contribution in [0.4, 0.5) is 0 Å². The van der Waals surface area contributed by atoms with Crippen LogP contribution in [-0.4, -0.2) is 11.4 Å². The standard InChI is InChI=1S/C4H9NO2.H2O/c1-3(2)4(6)7-5;/h3H,5H2,1-2H3;1H2. The molecule has 0 heterocycles. The molecule has 0 bridgehead atoms. The van der Waals surface area contributed by atoms with Gasteiger partial charge in [0, 0.05) is 0 Å². The van der Waals surface area contributed by atoms with Gasteiger partial charge in [0.05, 0.1) is 5.92 Å². The summed E-state index contributed by atoms with van der Waals surface area (Å²) in [6, 6.07) is 0. The average Bonchev–Trinajstić information content (AvgIpc) is 1.65. The largest absolute Gasteiger partial charge is 0.412 e. The molecular formula is C4H11NO3. The molecule has 4 N–H and O–H groups in total. The highest BCUT2D eigenvalue weighted by Gasteiger charge is 2.04. The van der Waals surface area contributed by atoms with E-state index in [2.05, 4.69) is 10.7 Å². The smallest absolute Gasteiger partial charge is 0.326 e. The zero-order chi connectivity index (χ0) is 5.86. The van der Waals surface area contributed by atoms with Gasteiger partial charge in [0.2, 0.25) is 0 Å². The van der Waals surface area contributed by atoms with E-state index in [-0.39, 0.29) is 17.4 Å². The van der Waals surface area contributed by atoms with Crippen LogP contribution >= 0.6 is 0 Å². The van der Waals surface area contributed by atoms with Crippen molar-refractivity contribution in [1.29, 1.82) is 0 Å². The molecule has 0 aromatic carbocycles. The molecule has 50 valence electrons. The van der Waals surface area contributed by atoms with Crippen molar-refractivity contribution < 1.29 is 15.1 Å². The van der Waals surface area contributed by atoms with Crippen molar-refractivity contribution in [2.75, 3.05) is 0 Å². The van der Waals surface area contributed by atoms with Crippen LogP contribution in [0.3, 0.4) is 0 Å².